The summed E-state index contributed by atoms with van der Waals surface area (Å²) in [6.45, 7) is 4.77. The molecule has 8 heteroatoms. The van der Waals surface area contributed by atoms with Crippen molar-refractivity contribution in [2.24, 2.45) is 5.92 Å². The highest BCUT2D eigenvalue weighted by Crippen LogP contribution is 2.25. The summed E-state index contributed by atoms with van der Waals surface area (Å²) in [5.74, 6) is -0.386. The molecule has 0 unspecified atom stereocenters. The maximum Gasteiger partial charge on any atom is 0.319 e. The van der Waals surface area contributed by atoms with E-state index in [1.54, 1.807) is 35.2 Å². The minimum atomic E-state index is -0.326. The molecule has 1 aliphatic rings. The fourth-order valence-electron chi connectivity index (χ4n) is 3.27. The topological polar surface area (TPSA) is 104 Å². The van der Waals surface area contributed by atoms with Crippen LogP contribution in [0, 0.1) is 5.92 Å². The number of piperidine rings is 1. The van der Waals surface area contributed by atoms with Gasteiger partial charge in [-0.25, -0.2) is 4.79 Å². The van der Waals surface area contributed by atoms with E-state index in [1.165, 1.54) is 12.5 Å². The lowest BCUT2D eigenvalue weighted by atomic mass is 9.95. The number of carbonyl (C=O) groups excluding carboxylic acids is 3. The van der Waals surface area contributed by atoms with E-state index in [4.69, 9.17) is 4.42 Å². The van der Waals surface area contributed by atoms with Crippen LogP contribution in [0.15, 0.2) is 47.3 Å². The minimum absolute atomic E-state index is 0.00620. The highest BCUT2D eigenvalue weighted by Gasteiger charge is 2.28. The maximum atomic E-state index is 12.7. The van der Waals surface area contributed by atoms with Crippen LogP contribution in [0.5, 0.6) is 0 Å². The predicted molar refractivity (Wildman–Crippen MR) is 110 cm³/mol. The van der Waals surface area contributed by atoms with Crippen molar-refractivity contribution in [3.8, 4) is 0 Å². The summed E-state index contributed by atoms with van der Waals surface area (Å²) < 4.78 is 4.97. The van der Waals surface area contributed by atoms with E-state index in [9.17, 15) is 14.4 Å². The average molecular weight is 398 g/mol. The van der Waals surface area contributed by atoms with Gasteiger partial charge in [-0.3, -0.25) is 9.59 Å². The van der Waals surface area contributed by atoms with Crippen molar-refractivity contribution >= 4 is 29.2 Å². The van der Waals surface area contributed by atoms with Gasteiger partial charge in [-0.1, -0.05) is 12.1 Å². The monoisotopic (exact) mass is 398 g/mol. The van der Waals surface area contributed by atoms with Crippen LogP contribution in [-0.4, -0.2) is 41.9 Å². The third-order valence-corrected chi connectivity index (χ3v) is 4.77. The first-order valence-corrected chi connectivity index (χ1v) is 9.73. The molecule has 1 aromatic heterocycles. The Labute approximate surface area is 169 Å². The van der Waals surface area contributed by atoms with Gasteiger partial charge in [0.2, 0.25) is 5.91 Å². The number of nitrogens with zero attached hydrogens (tertiary/aromatic N) is 1. The molecule has 0 bridgehead atoms. The molecule has 0 saturated carbocycles. The lowest BCUT2D eigenvalue weighted by Gasteiger charge is -2.31. The zero-order chi connectivity index (χ0) is 20.8. The van der Waals surface area contributed by atoms with Crippen LogP contribution in [0.2, 0.25) is 0 Å². The molecule has 0 spiro atoms. The molecule has 1 fully saturated rings. The number of nitrogens with one attached hydrogen (secondary N) is 3. The zero-order valence-corrected chi connectivity index (χ0v) is 16.6. The summed E-state index contributed by atoms with van der Waals surface area (Å²) in [5.41, 5.74) is 1.60. The summed E-state index contributed by atoms with van der Waals surface area (Å²) in [5, 5.41) is 8.43. The van der Waals surface area contributed by atoms with E-state index in [0.29, 0.717) is 42.9 Å². The Morgan fingerprint density at radius 2 is 1.69 bits per heavy atom. The van der Waals surface area contributed by atoms with Crippen LogP contribution < -0.4 is 16.0 Å². The van der Waals surface area contributed by atoms with Gasteiger partial charge in [0.1, 0.15) is 6.26 Å². The van der Waals surface area contributed by atoms with Gasteiger partial charge in [-0.15, -0.1) is 0 Å². The predicted octanol–water partition coefficient (Wildman–Crippen LogP) is 3.30. The van der Waals surface area contributed by atoms with E-state index in [1.807, 2.05) is 13.8 Å². The number of carbonyl (C=O) groups is 3. The third kappa shape index (κ3) is 5.37. The summed E-state index contributed by atoms with van der Waals surface area (Å²) in [6.07, 6.45) is 4.07. The largest absolute Gasteiger partial charge is 0.472 e. The zero-order valence-electron chi connectivity index (χ0n) is 16.6. The Morgan fingerprint density at radius 1 is 1.03 bits per heavy atom. The molecule has 0 radical (unpaired) electrons. The molecule has 2 aromatic rings. The Bertz CT molecular complexity index is 855. The van der Waals surface area contributed by atoms with Crippen LogP contribution in [0.25, 0.3) is 0 Å². The van der Waals surface area contributed by atoms with Crippen molar-refractivity contribution in [2.45, 2.75) is 32.7 Å². The van der Waals surface area contributed by atoms with Crippen LogP contribution >= 0.6 is 0 Å². The number of furan rings is 1. The lowest BCUT2D eigenvalue weighted by molar-refractivity contribution is -0.121. The van der Waals surface area contributed by atoms with Gasteiger partial charge >= 0.3 is 6.03 Å². The van der Waals surface area contributed by atoms with Crippen LogP contribution in [0.3, 0.4) is 0 Å². The molecule has 8 nitrogen and oxygen atoms in total. The molecular formula is C21H26N4O4. The number of urea groups is 1. The molecule has 4 amide bonds. The summed E-state index contributed by atoms with van der Waals surface area (Å²) in [6, 6.07) is 8.40. The SMILES string of the molecule is CC(C)NC(=O)Nc1ccccc1NC(=O)C1CCN(C(=O)c2ccoc2)CC1. The molecule has 1 aliphatic heterocycles. The Morgan fingerprint density at radius 3 is 2.28 bits per heavy atom. The van der Waals surface area contributed by atoms with E-state index >= 15 is 0 Å². The van der Waals surface area contributed by atoms with Crippen molar-refractivity contribution < 1.29 is 18.8 Å². The second-order valence-electron chi connectivity index (χ2n) is 7.37. The van der Waals surface area contributed by atoms with Crippen molar-refractivity contribution in [3.63, 3.8) is 0 Å². The summed E-state index contributed by atoms with van der Waals surface area (Å²) in [4.78, 5) is 38.8. The summed E-state index contributed by atoms with van der Waals surface area (Å²) >= 11 is 0. The molecule has 3 N–H and O–H groups in total. The van der Waals surface area contributed by atoms with Gasteiger partial charge in [-0.2, -0.15) is 0 Å². The standard InChI is InChI=1S/C21H26N4O4/c1-14(2)22-21(28)24-18-6-4-3-5-17(18)23-19(26)15-7-10-25(11-8-15)20(27)16-9-12-29-13-16/h3-6,9,12-15H,7-8,10-11H2,1-2H3,(H,23,26)(H2,22,24,28). The number of rotatable bonds is 5. The minimum Gasteiger partial charge on any atom is -0.472 e. The first kappa shape index (κ1) is 20.4. The first-order valence-electron chi connectivity index (χ1n) is 9.73. The van der Waals surface area contributed by atoms with Crippen LogP contribution in [0.1, 0.15) is 37.0 Å². The fraction of sp³-hybridized carbons (Fsp3) is 0.381. The number of benzene rings is 1. The number of hydrogen-bond acceptors (Lipinski definition) is 4. The molecule has 3 rings (SSSR count). The molecule has 1 saturated heterocycles. The molecule has 2 heterocycles. The van der Waals surface area contributed by atoms with Gasteiger partial charge in [0.25, 0.3) is 5.91 Å². The highest BCUT2D eigenvalue weighted by molar-refractivity contribution is 6.00. The number of amides is 4. The van der Waals surface area contributed by atoms with E-state index in [0.717, 1.165) is 0 Å². The third-order valence-electron chi connectivity index (χ3n) is 4.77. The van der Waals surface area contributed by atoms with E-state index in [-0.39, 0.29) is 29.8 Å². The average Bonchev–Trinajstić information content (AvgIpc) is 3.23. The number of hydrogen-bond donors (Lipinski definition) is 3. The number of para-hydroxylation sites is 2. The Balaban J connectivity index is 1.56. The number of likely N-dealkylation sites (tertiary alicyclic amines) is 1. The highest BCUT2D eigenvalue weighted by atomic mass is 16.3. The second-order valence-corrected chi connectivity index (χ2v) is 7.37. The molecule has 154 valence electrons. The van der Waals surface area contributed by atoms with Crippen molar-refractivity contribution in [2.75, 3.05) is 23.7 Å². The molecule has 0 aliphatic carbocycles. The Kier molecular flexibility index (Phi) is 6.54. The van der Waals surface area contributed by atoms with Crippen LogP contribution in [0.4, 0.5) is 16.2 Å². The fourth-order valence-corrected chi connectivity index (χ4v) is 3.27. The maximum absolute atomic E-state index is 12.7. The van der Waals surface area contributed by atoms with Gasteiger partial charge in [0, 0.05) is 25.0 Å². The van der Waals surface area contributed by atoms with Gasteiger partial charge in [0.15, 0.2) is 0 Å². The smallest absolute Gasteiger partial charge is 0.319 e. The van der Waals surface area contributed by atoms with Gasteiger partial charge in [0.05, 0.1) is 23.2 Å². The van der Waals surface area contributed by atoms with Crippen molar-refractivity contribution in [1.29, 1.82) is 0 Å². The van der Waals surface area contributed by atoms with Crippen LogP contribution in [-0.2, 0) is 4.79 Å². The first-order chi connectivity index (χ1) is 13.9. The molecule has 29 heavy (non-hydrogen) atoms. The van der Waals surface area contributed by atoms with Crippen molar-refractivity contribution in [1.82, 2.24) is 10.2 Å². The Hall–Kier alpha value is -3.29. The van der Waals surface area contributed by atoms with E-state index < -0.39 is 0 Å². The van der Waals surface area contributed by atoms with Crippen molar-refractivity contribution in [3.05, 3.63) is 48.4 Å². The number of anilines is 2. The molecular weight excluding hydrogens is 372 g/mol. The van der Waals surface area contributed by atoms with Gasteiger partial charge < -0.3 is 25.3 Å². The normalized spacial score (nSPS) is 14.5. The second kappa shape index (κ2) is 9.27. The molecule has 1 aromatic carbocycles. The quantitative estimate of drug-likeness (QED) is 0.719. The van der Waals surface area contributed by atoms with E-state index in [2.05, 4.69) is 16.0 Å². The lowest BCUT2D eigenvalue weighted by Crippen LogP contribution is -2.41. The molecule has 0 atom stereocenters. The summed E-state index contributed by atoms with van der Waals surface area (Å²) in [7, 11) is 0. The van der Waals surface area contributed by atoms with Gasteiger partial charge in [-0.05, 0) is 44.9 Å².